The van der Waals surface area contributed by atoms with E-state index in [2.05, 4.69) is 20.4 Å². The number of rotatable bonds is 6. The third-order valence-electron chi connectivity index (χ3n) is 5.06. The summed E-state index contributed by atoms with van der Waals surface area (Å²) >= 11 is 1.58. The molecule has 152 valence electrons. The van der Waals surface area contributed by atoms with E-state index in [4.69, 9.17) is 9.26 Å². The van der Waals surface area contributed by atoms with Crippen LogP contribution < -0.4 is 10.1 Å². The summed E-state index contributed by atoms with van der Waals surface area (Å²) in [5, 5.41) is 9.09. The van der Waals surface area contributed by atoms with E-state index in [1.807, 2.05) is 42.6 Å². The van der Waals surface area contributed by atoms with Gasteiger partial charge in [-0.2, -0.15) is 4.98 Å². The van der Waals surface area contributed by atoms with Crippen molar-refractivity contribution >= 4 is 22.9 Å². The fourth-order valence-corrected chi connectivity index (χ4v) is 4.23. The van der Waals surface area contributed by atoms with Crippen molar-refractivity contribution < 1.29 is 14.1 Å². The first kappa shape index (κ1) is 19.6. The zero-order valence-electron chi connectivity index (χ0n) is 16.6. The molecule has 0 bridgehead atoms. The molecule has 1 aliphatic heterocycles. The number of hydrogen-bond donors (Lipinski definition) is 1. The van der Waals surface area contributed by atoms with E-state index in [1.54, 1.807) is 18.4 Å². The number of piperidine rings is 1. The number of likely N-dealkylation sites (tertiary alicyclic amines) is 1. The highest BCUT2D eigenvalue weighted by Crippen LogP contribution is 2.27. The Hall–Kier alpha value is -2.71. The summed E-state index contributed by atoms with van der Waals surface area (Å²) < 4.78 is 10.8. The molecule has 1 N–H and O–H groups in total. The van der Waals surface area contributed by atoms with Gasteiger partial charge in [-0.25, -0.2) is 0 Å². The minimum absolute atomic E-state index is 0.0170. The van der Waals surface area contributed by atoms with Crippen molar-refractivity contribution in [2.24, 2.45) is 5.92 Å². The lowest BCUT2D eigenvalue weighted by Gasteiger charge is -2.31. The van der Waals surface area contributed by atoms with Gasteiger partial charge in [-0.3, -0.25) is 9.69 Å². The fraction of sp³-hybridized carbons (Fsp3) is 0.381. The van der Waals surface area contributed by atoms with Gasteiger partial charge in [0.25, 0.3) is 0 Å². The smallest absolute Gasteiger partial charge is 0.241 e. The van der Waals surface area contributed by atoms with Gasteiger partial charge in [-0.1, -0.05) is 17.3 Å². The molecule has 1 aliphatic rings. The first-order valence-corrected chi connectivity index (χ1v) is 10.5. The zero-order chi connectivity index (χ0) is 20.2. The molecule has 8 heteroatoms. The predicted molar refractivity (Wildman–Crippen MR) is 112 cm³/mol. The van der Waals surface area contributed by atoms with Crippen LogP contribution in [0.1, 0.15) is 24.3 Å². The molecular formula is C21H24N4O3S. The third kappa shape index (κ3) is 4.65. The van der Waals surface area contributed by atoms with E-state index < -0.39 is 0 Å². The normalized spacial score (nSPS) is 17.2. The van der Waals surface area contributed by atoms with Gasteiger partial charge in [-0.05, 0) is 55.5 Å². The summed E-state index contributed by atoms with van der Waals surface area (Å²) in [6.45, 7) is 4.12. The SMILES string of the molecule is COc1ccc(C)cc1NC(=O)C1CCCN(Cc2nc(-c3cccs3)no2)C1. The molecule has 1 aromatic carbocycles. The summed E-state index contributed by atoms with van der Waals surface area (Å²) in [4.78, 5) is 20.5. The van der Waals surface area contributed by atoms with E-state index in [0.29, 0.717) is 36.2 Å². The van der Waals surface area contributed by atoms with Gasteiger partial charge < -0.3 is 14.6 Å². The highest BCUT2D eigenvalue weighted by Gasteiger charge is 2.27. The predicted octanol–water partition coefficient (Wildman–Crippen LogP) is 3.97. The minimum atomic E-state index is -0.0892. The van der Waals surface area contributed by atoms with Crippen LogP contribution in [0, 0.1) is 12.8 Å². The lowest BCUT2D eigenvalue weighted by molar-refractivity contribution is -0.121. The van der Waals surface area contributed by atoms with Crippen molar-refractivity contribution in [3.63, 3.8) is 0 Å². The molecule has 0 saturated carbocycles. The topological polar surface area (TPSA) is 80.5 Å². The second-order valence-corrected chi connectivity index (χ2v) is 8.20. The number of amides is 1. The minimum Gasteiger partial charge on any atom is -0.495 e. The van der Waals surface area contributed by atoms with Crippen LogP contribution in [0.3, 0.4) is 0 Å². The molecule has 1 amide bonds. The number of aromatic nitrogens is 2. The number of nitrogens with one attached hydrogen (secondary N) is 1. The molecule has 2 aromatic heterocycles. The molecule has 7 nitrogen and oxygen atoms in total. The van der Waals surface area contributed by atoms with Crippen molar-refractivity contribution in [2.75, 3.05) is 25.5 Å². The number of aryl methyl sites for hydroxylation is 1. The highest BCUT2D eigenvalue weighted by molar-refractivity contribution is 7.13. The highest BCUT2D eigenvalue weighted by atomic mass is 32.1. The van der Waals surface area contributed by atoms with Crippen LogP contribution in [0.5, 0.6) is 5.75 Å². The Morgan fingerprint density at radius 2 is 2.31 bits per heavy atom. The number of carbonyl (C=O) groups is 1. The Bertz CT molecular complexity index is 970. The first-order chi connectivity index (χ1) is 14.1. The van der Waals surface area contributed by atoms with Gasteiger partial charge in [0.05, 0.1) is 30.1 Å². The molecule has 1 unspecified atom stereocenters. The van der Waals surface area contributed by atoms with E-state index in [0.717, 1.165) is 29.8 Å². The van der Waals surface area contributed by atoms with Gasteiger partial charge in [0, 0.05) is 6.54 Å². The maximum atomic E-state index is 12.9. The van der Waals surface area contributed by atoms with Crippen LogP contribution in [0.2, 0.25) is 0 Å². The number of methoxy groups -OCH3 is 1. The first-order valence-electron chi connectivity index (χ1n) is 9.66. The molecule has 1 fully saturated rings. The standard InChI is InChI=1S/C21H24N4O3S/c1-14-7-8-17(27-2)16(11-14)22-21(26)15-5-3-9-25(12-15)13-19-23-20(24-28-19)18-6-4-10-29-18/h4,6-8,10-11,15H,3,5,9,12-13H2,1-2H3,(H,22,26). The lowest BCUT2D eigenvalue weighted by atomic mass is 9.97. The number of anilines is 1. The number of hydrogen-bond acceptors (Lipinski definition) is 7. The summed E-state index contributed by atoms with van der Waals surface area (Å²) in [7, 11) is 1.61. The average molecular weight is 413 g/mol. The van der Waals surface area contributed by atoms with Crippen molar-refractivity contribution in [1.82, 2.24) is 15.0 Å². The van der Waals surface area contributed by atoms with Crippen LogP contribution in [-0.4, -0.2) is 41.1 Å². The van der Waals surface area contributed by atoms with Gasteiger partial charge in [-0.15, -0.1) is 11.3 Å². The van der Waals surface area contributed by atoms with E-state index in [9.17, 15) is 4.79 Å². The molecule has 1 saturated heterocycles. The Labute approximate surface area is 173 Å². The van der Waals surface area contributed by atoms with Crippen LogP contribution in [0.4, 0.5) is 5.69 Å². The summed E-state index contributed by atoms with van der Waals surface area (Å²) in [5.41, 5.74) is 1.79. The van der Waals surface area contributed by atoms with Gasteiger partial charge >= 0.3 is 0 Å². The molecule has 4 rings (SSSR count). The molecule has 3 heterocycles. The zero-order valence-corrected chi connectivity index (χ0v) is 17.4. The maximum Gasteiger partial charge on any atom is 0.241 e. The number of nitrogens with zero attached hydrogens (tertiary/aromatic N) is 3. The Balaban J connectivity index is 1.38. The fourth-order valence-electron chi connectivity index (χ4n) is 3.58. The second kappa shape index (κ2) is 8.75. The van der Waals surface area contributed by atoms with Gasteiger partial charge in [0.1, 0.15) is 5.75 Å². The average Bonchev–Trinajstić information content (AvgIpc) is 3.40. The summed E-state index contributed by atoms with van der Waals surface area (Å²) in [6.07, 6.45) is 1.82. The third-order valence-corrected chi connectivity index (χ3v) is 5.92. The molecule has 1 atom stereocenters. The number of thiophene rings is 1. The van der Waals surface area contributed by atoms with Crippen LogP contribution >= 0.6 is 11.3 Å². The lowest BCUT2D eigenvalue weighted by Crippen LogP contribution is -2.40. The van der Waals surface area contributed by atoms with Crippen LogP contribution in [-0.2, 0) is 11.3 Å². The summed E-state index contributed by atoms with van der Waals surface area (Å²) in [6, 6.07) is 9.71. The maximum absolute atomic E-state index is 12.9. The van der Waals surface area contributed by atoms with Crippen molar-refractivity contribution in [2.45, 2.75) is 26.3 Å². The molecule has 3 aromatic rings. The molecule has 0 radical (unpaired) electrons. The Morgan fingerprint density at radius 1 is 1.41 bits per heavy atom. The summed E-state index contributed by atoms with van der Waals surface area (Å²) in [5.74, 6) is 1.79. The number of ether oxygens (including phenoxy) is 1. The largest absolute Gasteiger partial charge is 0.495 e. The van der Waals surface area contributed by atoms with E-state index in [1.165, 1.54) is 0 Å². The number of carbonyl (C=O) groups excluding carboxylic acids is 1. The second-order valence-electron chi connectivity index (χ2n) is 7.26. The van der Waals surface area contributed by atoms with Crippen molar-refractivity contribution in [1.29, 1.82) is 0 Å². The van der Waals surface area contributed by atoms with Crippen LogP contribution in [0.25, 0.3) is 10.7 Å². The molecule has 0 aliphatic carbocycles. The van der Waals surface area contributed by atoms with Crippen molar-refractivity contribution in [3.05, 3.63) is 47.2 Å². The van der Waals surface area contributed by atoms with Gasteiger partial charge in [0.2, 0.25) is 17.6 Å². The van der Waals surface area contributed by atoms with E-state index >= 15 is 0 Å². The Kier molecular flexibility index (Phi) is 5.92. The molecule has 0 spiro atoms. The van der Waals surface area contributed by atoms with E-state index in [-0.39, 0.29) is 11.8 Å². The van der Waals surface area contributed by atoms with Gasteiger partial charge in [0.15, 0.2) is 0 Å². The monoisotopic (exact) mass is 412 g/mol. The quantitative estimate of drug-likeness (QED) is 0.660. The molecule has 29 heavy (non-hydrogen) atoms. The van der Waals surface area contributed by atoms with Crippen molar-refractivity contribution in [3.8, 4) is 16.5 Å². The molecular weight excluding hydrogens is 388 g/mol. The van der Waals surface area contributed by atoms with Crippen LogP contribution in [0.15, 0.2) is 40.2 Å². The number of benzene rings is 1. The Morgan fingerprint density at radius 3 is 3.10 bits per heavy atom.